The van der Waals surface area contributed by atoms with Crippen LogP contribution in [0.1, 0.15) is 22.7 Å². The molecule has 1 aromatic carbocycles. The summed E-state index contributed by atoms with van der Waals surface area (Å²) in [7, 11) is 0. The average Bonchev–Trinajstić information content (AvgIpc) is 2.74. The van der Waals surface area contributed by atoms with Crippen molar-refractivity contribution in [2.24, 2.45) is 5.73 Å². The highest BCUT2D eigenvalue weighted by Gasteiger charge is 2.11. The summed E-state index contributed by atoms with van der Waals surface area (Å²) in [5, 5.41) is 4.85. The zero-order chi connectivity index (χ0) is 10.8. The van der Waals surface area contributed by atoms with Crippen molar-refractivity contribution < 1.29 is 0 Å². The Bertz CT molecular complexity index is 451. The number of thiophene rings is 1. The van der Waals surface area contributed by atoms with Gasteiger partial charge in [0.1, 0.15) is 0 Å². The Kier molecular flexibility index (Phi) is 3.10. The van der Waals surface area contributed by atoms with Crippen LogP contribution in [0.2, 0.25) is 5.02 Å². The predicted octanol–water partition coefficient (Wildman–Crippen LogP) is 3.76. The van der Waals surface area contributed by atoms with E-state index >= 15 is 0 Å². The third-order valence-corrected chi connectivity index (χ3v) is 3.42. The number of halogens is 1. The molecule has 0 bridgehead atoms. The number of hydrogen-bond acceptors (Lipinski definition) is 2. The average molecular weight is 238 g/mol. The number of nitrogens with two attached hydrogens (primary N) is 1. The van der Waals surface area contributed by atoms with E-state index in [1.165, 1.54) is 5.56 Å². The molecular weight excluding hydrogens is 226 g/mol. The minimum Gasteiger partial charge on any atom is -0.320 e. The first-order valence-corrected chi connectivity index (χ1v) is 6.04. The van der Waals surface area contributed by atoms with Gasteiger partial charge in [0.2, 0.25) is 0 Å². The fourth-order valence-electron chi connectivity index (χ4n) is 1.58. The van der Waals surface area contributed by atoms with Gasteiger partial charge in [-0.2, -0.15) is 11.3 Å². The van der Waals surface area contributed by atoms with E-state index in [0.717, 1.165) is 16.1 Å². The fourth-order valence-corrected chi connectivity index (χ4v) is 2.46. The van der Waals surface area contributed by atoms with Crippen molar-refractivity contribution in [3.8, 4) is 0 Å². The molecule has 0 radical (unpaired) electrons. The van der Waals surface area contributed by atoms with Gasteiger partial charge < -0.3 is 5.73 Å². The smallest absolute Gasteiger partial charge is 0.0563 e. The van der Waals surface area contributed by atoms with Crippen LogP contribution < -0.4 is 5.73 Å². The van der Waals surface area contributed by atoms with Gasteiger partial charge in [0, 0.05) is 5.02 Å². The highest BCUT2D eigenvalue weighted by atomic mass is 35.5. The molecule has 0 spiro atoms. The summed E-state index contributed by atoms with van der Waals surface area (Å²) in [6, 6.07) is 7.81. The molecule has 2 N–H and O–H groups in total. The second kappa shape index (κ2) is 4.35. The maximum absolute atomic E-state index is 6.18. The molecule has 15 heavy (non-hydrogen) atoms. The van der Waals surface area contributed by atoms with Gasteiger partial charge in [0.05, 0.1) is 6.04 Å². The van der Waals surface area contributed by atoms with Gasteiger partial charge in [-0.25, -0.2) is 0 Å². The molecule has 1 nitrogen and oxygen atoms in total. The van der Waals surface area contributed by atoms with E-state index in [0.29, 0.717) is 0 Å². The molecule has 1 atom stereocenters. The summed E-state index contributed by atoms with van der Waals surface area (Å²) in [4.78, 5) is 0. The first-order valence-electron chi connectivity index (χ1n) is 4.72. The Morgan fingerprint density at radius 2 is 2.13 bits per heavy atom. The zero-order valence-corrected chi connectivity index (χ0v) is 9.98. The van der Waals surface area contributed by atoms with Crippen molar-refractivity contribution in [3.05, 3.63) is 56.7 Å². The van der Waals surface area contributed by atoms with Crippen LogP contribution in [-0.4, -0.2) is 0 Å². The standard InChI is InChI=1S/C12H12ClNS/c1-8-2-3-10(13)6-11(8)12(14)9-4-5-15-7-9/h2-7,12H,14H2,1H3. The van der Waals surface area contributed by atoms with E-state index in [4.69, 9.17) is 17.3 Å². The van der Waals surface area contributed by atoms with Gasteiger partial charge in [0.15, 0.2) is 0 Å². The molecule has 2 aromatic rings. The van der Waals surface area contributed by atoms with Crippen LogP contribution >= 0.6 is 22.9 Å². The highest BCUT2D eigenvalue weighted by molar-refractivity contribution is 7.08. The normalized spacial score (nSPS) is 12.7. The van der Waals surface area contributed by atoms with Crippen molar-refractivity contribution in [1.82, 2.24) is 0 Å². The van der Waals surface area contributed by atoms with Crippen LogP contribution in [0.5, 0.6) is 0 Å². The Morgan fingerprint density at radius 3 is 2.80 bits per heavy atom. The summed E-state index contributed by atoms with van der Waals surface area (Å²) in [6.45, 7) is 2.05. The van der Waals surface area contributed by atoms with Crippen molar-refractivity contribution in [2.45, 2.75) is 13.0 Å². The number of aryl methyl sites for hydroxylation is 1. The Labute approximate surface area is 98.5 Å². The summed E-state index contributed by atoms with van der Waals surface area (Å²) < 4.78 is 0. The Hall–Kier alpha value is -0.830. The van der Waals surface area contributed by atoms with E-state index in [1.54, 1.807) is 11.3 Å². The van der Waals surface area contributed by atoms with Gasteiger partial charge in [-0.15, -0.1) is 0 Å². The van der Waals surface area contributed by atoms with E-state index < -0.39 is 0 Å². The molecule has 0 fully saturated rings. The largest absolute Gasteiger partial charge is 0.320 e. The lowest BCUT2D eigenvalue weighted by atomic mass is 9.98. The molecule has 1 unspecified atom stereocenters. The monoisotopic (exact) mass is 237 g/mol. The van der Waals surface area contributed by atoms with Gasteiger partial charge >= 0.3 is 0 Å². The molecule has 0 saturated heterocycles. The second-order valence-electron chi connectivity index (χ2n) is 3.54. The van der Waals surface area contributed by atoms with Crippen molar-refractivity contribution in [1.29, 1.82) is 0 Å². The molecule has 0 aliphatic rings. The molecule has 1 aromatic heterocycles. The lowest BCUT2D eigenvalue weighted by molar-refractivity contribution is 0.867. The first-order chi connectivity index (χ1) is 7.18. The molecular formula is C12H12ClNS. The third kappa shape index (κ3) is 2.23. The van der Waals surface area contributed by atoms with Gasteiger partial charge in [-0.05, 0) is 52.6 Å². The number of rotatable bonds is 2. The quantitative estimate of drug-likeness (QED) is 0.846. The molecule has 0 amide bonds. The summed E-state index contributed by atoms with van der Waals surface area (Å²) in [6.07, 6.45) is 0. The van der Waals surface area contributed by atoms with Crippen molar-refractivity contribution >= 4 is 22.9 Å². The molecule has 2 rings (SSSR count). The summed E-state index contributed by atoms with van der Waals surface area (Å²) in [5.74, 6) is 0. The second-order valence-corrected chi connectivity index (χ2v) is 4.75. The van der Waals surface area contributed by atoms with Crippen LogP contribution in [-0.2, 0) is 0 Å². The van der Waals surface area contributed by atoms with Crippen molar-refractivity contribution in [2.75, 3.05) is 0 Å². The highest BCUT2D eigenvalue weighted by Crippen LogP contribution is 2.26. The topological polar surface area (TPSA) is 26.0 Å². The first kappa shape index (κ1) is 10.7. The van der Waals surface area contributed by atoms with E-state index in [9.17, 15) is 0 Å². The fraction of sp³-hybridized carbons (Fsp3) is 0.167. The van der Waals surface area contributed by atoms with E-state index in [1.807, 2.05) is 23.6 Å². The van der Waals surface area contributed by atoms with Gasteiger partial charge in [0.25, 0.3) is 0 Å². The van der Waals surface area contributed by atoms with E-state index in [2.05, 4.69) is 18.4 Å². The molecule has 1 heterocycles. The summed E-state index contributed by atoms with van der Waals surface area (Å²) >= 11 is 7.63. The van der Waals surface area contributed by atoms with Gasteiger partial charge in [-0.3, -0.25) is 0 Å². The lowest BCUT2D eigenvalue weighted by Crippen LogP contribution is -2.12. The SMILES string of the molecule is Cc1ccc(Cl)cc1C(N)c1ccsc1. The van der Waals surface area contributed by atoms with Crippen molar-refractivity contribution in [3.63, 3.8) is 0 Å². The maximum Gasteiger partial charge on any atom is 0.0563 e. The zero-order valence-electron chi connectivity index (χ0n) is 8.41. The molecule has 78 valence electrons. The van der Waals surface area contributed by atoms with Gasteiger partial charge in [-0.1, -0.05) is 17.7 Å². The minimum absolute atomic E-state index is 0.0741. The Balaban J connectivity index is 2.41. The maximum atomic E-state index is 6.18. The minimum atomic E-state index is -0.0741. The van der Waals surface area contributed by atoms with E-state index in [-0.39, 0.29) is 6.04 Å². The van der Waals surface area contributed by atoms with Crippen LogP contribution in [0.15, 0.2) is 35.0 Å². The third-order valence-electron chi connectivity index (χ3n) is 2.48. The van der Waals surface area contributed by atoms with Crippen LogP contribution in [0.4, 0.5) is 0 Å². The summed E-state index contributed by atoms with van der Waals surface area (Å²) in [5.41, 5.74) is 9.60. The number of hydrogen-bond donors (Lipinski definition) is 1. The molecule has 0 aliphatic heterocycles. The van der Waals surface area contributed by atoms with Crippen LogP contribution in [0.3, 0.4) is 0 Å². The molecule has 0 aliphatic carbocycles. The molecule has 3 heteroatoms. The van der Waals surface area contributed by atoms with Crippen LogP contribution in [0, 0.1) is 6.92 Å². The molecule has 0 saturated carbocycles. The number of benzene rings is 1. The predicted molar refractivity (Wildman–Crippen MR) is 66.5 cm³/mol. The lowest BCUT2D eigenvalue weighted by Gasteiger charge is -2.13. The van der Waals surface area contributed by atoms with Crippen LogP contribution in [0.25, 0.3) is 0 Å². The Morgan fingerprint density at radius 1 is 1.33 bits per heavy atom.